The highest BCUT2D eigenvalue weighted by Gasteiger charge is 2.30. The van der Waals surface area contributed by atoms with Crippen LogP contribution in [0.15, 0.2) is 54.6 Å². The van der Waals surface area contributed by atoms with Crippen LogP contribution in [0.1, 0.15) is 54.6 Å². The standard InChI is InChI=1S/C23H25NO5/c1-2-28-19-12-8-16(9-13-19)20(25)14-15-21(26)29-22(17-6-4-3-5-7-17)23(27)24-18-10-11-18/h3-9,12-13,18,22H,2,10-11,14-15H2,1H3,(H,24,27). The van der Waals surface area contributed by atoms with E-state index in [1.807, 2.05) is 13.0 Å². The number of esters is 1. The van der Waals surface area contributed by atoms with Crippen LogP contribution < -0.4 is 10.1 Å². The minimum Gasteiger partial charge on any atom is -0.494 e. The van der Waals surface area contributed by atoms with Crippen LogP contribution >= 0.6 is 0 Å². The van der Waals surface area contributed by atoms with Crippen molar-refractivity contribution in [3.8, 4) is 5.75 Å². The van der Waals surface area contributed by atoms with Crippen molar-refractivity contribution < 1.29 is 23.9 Å². The zero-order valence-electron chi connectivity index (χ0n) is 16.4. The Morgan fingerprint density at radius 3 is 2.31 bits per heavy atom. The molecule has 29 heavy (non-hydrogen) atoms. The highest BCUT2D eigenvalue weighted by atomic mass is 16.5. The van der Waals surface area contributed by atoms with Gasteiger partial charge in [0.05, 0.1) is 13.0 Å². The molecular formula is C23H25NO5. The molecule has 0 heterocycles. The zero-order chi connectivity index (χ0) is 20.6. The monoisotopic (exact) mass is 395 g/mol. The average molecular weight is 395 g/mol. The van der Waals surface area contributed by atoms with Gasteiger partial charge in [0.25, 0.3) is 5.91 Å². The molecule has 6 nitrogen and oxygen atoms in total. The molecule has 1 saturated carbocycles. The summed E-state index contributed by atoms with van der Waals surface area (Å²) in [7, 11) is 0. The smallest absolute Gasteiger partial charge is 0.307 e. The molecule has 1 unspecified atom stereocenters. The van der Waals surface area contributed by atoms with E-state index in [2.05, 4.69) is 5.32 Å². The maximum Gasteiger partial charge on any atom is 0.307 e. The minimum absolute atomic E-state index is 0.0125. The molecule has 1 N–H and O–H groups in total. The number of ether oxygens (including phenoxy) is 2. The Balaban J connectivity index is 1.56. The number of hydrogen-bond acceptors (Lipinski definition) is 5. The Morgan fingerprint density at radius 2 is 1.69 bits per heavy atom. The number of carbonyl (C=O) groups is 3. The van der Waals surface area contributed by atoms with Crippen molar-refractivity contribution in [2.45, 2.75) is 44.8 Å². The maximum absolute atomic E-state index is 12.5. The van der Waals surface area contributed by atoms with E-state index in [1.54, 1.807) is 48.5 Å². The van der Waals surface area contributed by atoms with Crippen LogP contribution in [0.5, 0.6) is 5.75 Å². The van der Waals surface area contributed by atoms with Crippen LogP contribution in [-0.2, 0) is 14.3 Å². The molecule has 0 saturated heterocycles. The Bertz CT molecular complexity index is 843. The van der Waals surface area contributed by atoms with Gasteiger partial charge in [-0.25, -0.2) is 0 Å². The molecule has 1 aliphatic rings. The lowest BCUT2D eigenvalue weighted by molar-refractivity contribution is -0.156. The molecule has 0 aromatic heterocycles. The van der Waals surface area contributed by atoms with Crippen LogP contribution in [0.2, 0.25) is 0 Å². The molecule has 2 aromatic rings. The Morgan fingerprint density at radius 1 is 1.00 bits per heavy atom. The van der Waals surface area contributed by atoms with E-state index < -0.39 is 12.1 Å². The third-order valence-corrected chi connectivity index (χ3v) is 4.56. The first kappa shape index (κ1) is 20.6. The van der Waals surface area contributed by atoms with Gasteiger partial charge in [0.2, 0.25) is 6.10 Å². The van der Waals surface area contributed by atoms with E-state index in [4.69, 9.17) is 9.47 Å². The number of rotatable bonds is 10. The molecular weight excluding hydrogens is 370 g/mol. The second kappa shape index (κ2) is 9.87. The summed E-state index contributed by atoms with van der Waals surface area (Å²) in [5, 5.41) is 2.87. The molecule has 2 aromatic carbocycles. The Kier molecular flexibility index (Phi) is 7.00. The second-order valence-electron chi connectivity index (χ2n) is 6.94. The lowest BCUT2D eigenvalue weighted by atomic mass is 10.1. The van der Waals surface area contributed by atoms with Gasteiger partial charge in [-0.05, 0) is 44.0 Å². The van der Waals surface area contributed by atoms with Gasteiger partial charge in [-0.1, -0.05) is 30.3 Å². The summed E-state index contributed by atoms with van der Waals surface area (Å²) < 4.78 is 10.8. The highest BCUT2D eigenvalue weighted by Crippen LogP contribution is 2.24. The van der Waals surface area contributed by atoms with Crippen LogP contribution in [0.4, 0.5) is 0 Å². The van der Waals surface area contributed by atoms with Gasteiger partial charge in [0.1, 0.15) is 5.75 Å². The van der Waals surface area contributed by atoms with Crippen LogP contribution in [0.25, 0.3) is 0 Å². The average Bonchev–Trinajstić information content (AvgIpc) is 3.55. The summed E-state index contributed by atoms with van der Waals surface area (Å²) in [5.41, 5.74) is 1.11. The first-order valence-corrected chi connectivity index (χ1v) is 9.87. The molecule has 3 rings (SSSR count). The van der Waals surface area contributed by atoms with E-state index in [1.165, 1.54) is 0 Å². The predicted octanol–water partition coefficient (Wildman–Crippen LogP) is 3.61. The minimum atomic E-state index is -1.01. The lowest BCUT2D eigenvalue weighted by Gasteiger charge is -2.18. The molecule has 0 aliphatic heterocycles. The summed E-state index contributed by atoms with van der Waals surface area (Å²) in [6.45, 7) is 2.44. The first-order chi connectivity index (χ1) is 14.1. The number of Topliss-reactive ketones (excluding diaryl/α,β-unsaturated/α-hetero) is 1. The summed E-state index contributed by atoms with van der Waals surface area (Å²) >= 11 is 0. The quantitative estimate of drug-likeness (QED) is 0.491. The van der Waals surface area contributed by atoms with E-state index in [0.29, 0.717) is 23.5 Å². The molecule has 1 atom stereocenters. The Hall–Kier alpha value is -3.15. The van der Waals surface area contributed by atoms with Gasteiger partial charge in [-0.2, -0.15) is 0 Å². The lowest BCUT2D eigenvalue weighted by Crippen LogP contribution is -2.33. The predicted molar refractivity (Wildman–Crippen MR) is 108 cm³/mol. The van der Waals surface area contributed by atoms with Crippen molar-refractivity contribution >= 4 is 17.7 Å². The SMILES string of the molecule is CCOc1ccc(C(=O)CCC(=O)OC(C(=O)NC2CC2)c2ccccc2)cc1. The van der Waals surface area contributed by atoms with Crippen LogP contribution in [0.3, 0.4) is 0 Å². The molecule has 6 heteroatoms. The molecule has 0 bridgehead atoms. The van der Waals surface area contributed by atoms with Crippen molar-refractivity contribution in [2.75, 3.05) is 6.61 Å². The number of amides is 1. The largest absolute Gasteiger partial charge is 0.494 e. The van der Waals surface area contributed by atoms with E-state index in [-0.39, 0.29) is 30.6 Å². The third kappa shape index (κ3) is 6.17. The molecule has 1 fully saturated rings. The van der Waals surface area contributed by atoms with Crippen molar-refractivity contribution in [2.24, 2.45) is 0 Å². The molecule has 152 valence electrons. The summed E-state index contributed by atoms with van der Waals surface area (Å²) in [5.74, 6) is -0.381. The second-order valence-corrected chi connectivity index (χ2v) is 6.94. The van der Waals surface area contributed by atoms with Gasteiger partial charge < -0.3 is 14.8 Å². The third-order valence-electron chi connectivity index (χ3n) is 4.56. The van der Waals surface area contributed by atoms with Crippen LogP contribution in [0, 0.1) is 0 Å². The topological polar surface area (TPSA) is 81.7 Å². The number of hydrogen-bond donors (Lipinski definition) is 1. The number of carbonyl (C=O) groups excluding carboxylic acids is 3. The summed E-state index contributed by atoms with van der Waals surface area (Å²) in [4.78, 5) is 37.2. The van der Waals surface area contributed by atoms with E-state index >= 15 is 0 Å². The molecule has 0 radical (unpaired) electrons. The van der Waals surface area contributed by atoms with Crippen LogP contribution in [-0.4, -0.2) is 30.3 Å². The molecule has 1 aliphatic carbocycles. The summed E-state index contributed by atoms with van der Waals surface area (Å²) in [6.07, 6.45) is 0.796. The molecule has 1 amide bonds. The fourth-order valence-electron chi connectivity index (χ4n) is 2.86. The molecule has 0 spiro atoms. The number of benzene rings is 2. The van der Waals surface area contributed by atoms with Gasteiger partial charge in [0, 0.05) is 23.6 Å². The summed E-state index contributed by atoms with van der Waals surface area (Å²) in [6, 6.07) is 15.9. The van der Waals surface area contributed by atoms with Crippen molar-refractivity contribution in [3.63, 3.8) is 0 Å². The van der Waals surface area contributed by atoms with Gasteiger partial charge in [0.15, 0.2) is 5.78 Å². The number of nitrogens with one attached hydrogen (secondary N) is 1. The number of ketones is 1. The fraction of sp³-hybridized carbons (Fsp3) is 0.348. The van der Waals surface area contributed by atoms with Gasteiger partial charge in [-0.15, -0.1) is 0 Å². The van der Waals surface area contributed by atoms with Gasteiger partial charge >= 0.3 is 5.97 Å². The normalized spacial score (nSPS) is 14.0. The van der Waals surface area contributed by atoms with Crippen molar-refractivity contribution in [1.82, 2.24) is 5.32 Å². The Labute approximate surface area is 170 Å². The van der Waals surface area contributed by atoms with Crippen molar-refractivity contribution in [1.29, 1.82) is 0 Å². The van der Waals surface area contributed by atoms with E-state index in [9.17, 15) is 14.4 Å². The highest BCUT2D eigenvalue weighted by molar-refractivity contribution is 5.97. The van der Waals surface area contributed by atoms with E-state index in [0.717, 1.165) is 12.8 Å². The fourth-order valence-corrected chi connectivity index (χ4v) is 2.86. The van der Waals surface area contributed by atoms with Crippen molar-refractivity contribution in [3.05, 3.63) is 65.7 Å². The first-order valence-electron chi connectivity index (χ1n) is 9.87. The van der Waals surface area contributed by atoms with Gasteiger partial charge in [-0.3, -0.25) is 14.4 Å². The zero-order valence-corrected chi connectivity index (χ0v) is 16.4. The maximum atomic E-state index is 12.5.